The molecule has 1 aromatic carbocycles. The number of rotatable bonds is 5. The normalized spacial score (nSPS) is 21.6. The summed E-state index contributed by atoms with van der Waals surface area (Å²) in [6.45, 7) is 2.06. The highest BCUT2D eigenvalue weighted by molar-refractivity contribution is 6.31. The Labute approximate surface area is 155 Å². The quantitative estimate of drug-likeness (QED) is 0.829. The van der Waals surface area contributed by atoms with Crippen LogP contribution in [0, 0.1) is 23.1 Å². The van der Waals surface area contributed by atoms with E-state index in [-0.39, 0.29) is 17.2 Å². The zero-order valence-corrected chi connectivity index (χ0v) is 14.9. The summed E-state index contributed by atoms with van der Waals surface area (Å²) in [5, 5.41) is 12.5. The molecule has 1 aliphatic heterocycles. The largest absolute Gasteiger partial charge is 0.460 e. The summed E-state index contributed by atoms with van der Waals surface area (Å²) < 4.78 is 19.3. The van der Waals surface area contributed by atoms with Crippen LogP contribution in [0.1, 0.15) is 31.7 Å². The van der Waals surface area contributed by atoms with E-state index < -0.39 is 17.9 Å². The van der Waals surface area contributed by atoms with Gasteiger partial charge in [-0.2, -0.15) is 5.26 Å². The number of nitrogens with one attached hydrogen (secondary N) is 1. The number of ether oxygens (including phenoxy) is 1. The summed E-state index contributed by atoms with van der Waals surface area (Å²) in [5.41, 5.74) is 0.786. The molecular formula is C19H17ClFN3O2. The van der Waals surface area contributed by atoms with Crippen molar-refractivity contribution in [3.05, 3.63) is 52.5 Å². The smallest absolute Gasteiger partial charge is 0.341 e. The summed E-state index contributed by atoms with van der Waals surface area (Å²) in [6, 6.07) is 4.80. The second-order valence-corrected chi connectivity index (χ2v) is 6.52. The van der Waals surface area contributed by atoms with Gasteiger partial charge in [-0.25, -0.2) is 14.2 Å². The third-order valence-corrected chi connectivity index (χ3v) is 4.66. The second-order valence-electron chi connectivity index (χ2n) is 6.09. The zero-order valence-electron chi connectivity index (χ0n) is 14.1. The standard InChI is InChI=1S/C19H17ClFN3O2/c1-2-3-4-14-17-16(8-6-13(20)18(17)24-19(25)23-14)26-15-7-5-12(21)9-11(15)10-22/h5-9,17-18H,2-4H2,1H3,(H,24,25). The van der Waals surface area contributed by atoms with E-state index in [0.29, 0.717) is 22.9 Å². The number of nitrogens with zero attached hydrogens (tertiary/aromatic N) is 2. The molecule has 26 heavy (non-hydrogen) atoms. The highest BCUT2D eigenvalue weighted by Gasteiger charge is 2.39. The predicted molar refractivity (Wildman–Crippen MR) is 96.5 cm³/mol. The molecule has 0 bridgehead atoms. The zero-order chi connectivity index (χ0) is 18.7. The summed E-state index contributed by atoms with van der Waals surface area (Å²) in [5.74, 6) is -0.106. The molecule has 134 valence electrons. The molecule has 2 unspecified atom stereocenters. The van der Waals surface area contributed by atoms with Gasteiger partial charge in [-0.05, 0) is 43.2 Å². The number of hydrogen-bond donors (Lipinski definition) is 1. The fourth-order valence-electron chi connectivity index (χ4n) is 3.04. The number of amides is 2. The number of urea groups is 1. The van der Waals surface area contributed by atoms with Crippen LogP contribution in [0.5, 0.6) is 5.75 Å². The second kappa shape index (κ2) is 7.71. The van der Waals surface area contributed by atoms with E-state index >= 15 is 0 Å². The van der Waals surface area contributed by atoms with Gasteiger partial charge in [-0.1, -0.05) is 24.9 Å². The van der Waals surface area contributed by atoms with Gasteiger partial charge in [0.05, 0.1) is 17.5 Å². The molecule has 1 aliphatic carbocycles. The molecule has 3 rings (SSSR count). The average Bonchev–Trinajstić information content (AvgIpc) is 2.63. The Kier molecular flexibility index (Phi) is 5.38. The van der Waals surface area contributed by atoms with Gasteiger partial charge in [-0.15, -0.1) is 0 Å². The van der Waals surface area contributed by atoms with Crippen molar-refractivity contribution in [2.24, 2.45) is 10.9 Å². The maximum Gasteiger partial charge on any atom is 0.341 e. The first kappa shape index (κ1) is 18.2. The van der Waals surface area contributed by atoms with Gasteiger partial charge in [0.2, 0.25) is 0 Å². The monoisotopic (exact) mass is 373 g/mol. The van der Waals surface area contributed by atoms with Crippen LogP contribution in [0.4, 0.5) is 9.18 Å². The van der Waals surface area contributed by atoms with Crippen molar-refractivity contribution in [3.63, 3.8) is 0 Å². The van der Waals surface area contributed by atoms with Crippen LogP contribution >= 0.6 is 11.6 Å². The fraction of sp³-hybridized carbons (Fsp3) is 0.316. The summed E-state index contributed by atoms with van der Waals surface area (Å²) in [7, 11) is 0. The van der Waals surface area contributed by atoms with E-state index in [2.05, 4.69) is 17.2 Å². The molecule has 0 fully saturated rings. The minimum absolute atomic E-state index is 0.0926. The van der Waals surface area contributed by atoms with E-state index in [9.17, 15) is 14.4 Å². The van der Waals surface area contributed by atoms with Crippen LogP contribution in [-0.2, 0) is 0 Å². The van der Waals surface area contributed by atoms with Gasteiger partial charge >= 0.3 is 6.03 Å². The summed E-state index contributed by atoms with van der Waals surface area (Å²) >= 11 is 6.29. The Morgan fingerprint density at radius 2 is 2.23 bits per heavy atom. The molecule has 1 heterocycles. The van der Waals surface area contributed by atoms with E-state index in [1.165, 1.54) is 12.1 Å². The molecule has 1 N–H and O–H groups in total. The highest BCUT2D eigenvalue weighted by atomic mass is 35.5. The minimum atomic E-state index is -0.512. The van der Waals surface area contributed by atoms with E-state index in [0.717, 1.165) is 18.9 Å². The Morgan fingerprint density at radius 3 is 2.96 bits per heavy atom. The maximum atomic E-state index is 13.4. The van der Waals surface area contributed by atoms with Crippen LogP contribution in [-0.4, -0.2) is 17.8 Å². The van der Waals surface area contributed by atoms with Crippen molar-refractivity contribution in [2.75, 3.05) is 0 Å². The lowest BCUT2D eigenvalue weighted by Crippen LogP contribution is -2.49. The first-order valence-electron chi connectivity index (χ1n) is 8.36. The van der Waals surface area contributed by atoms with E-state index in [4.69, 9.17) is 16.3 Å². The lowest BCUT2D eigenvalue weighted by atomic mass is 9.85. The molecule has 0 saturated heterocycles. The number of benzene rings is 1. The van der Waals surface area contributed by atoms with Crippen molar-refractivity contribution in [3.8, 4) is 11.8 Å². The molecular weight excluding hydrogens is 357 g/mol. The Hall–Kier alpha value is -2.65. The lowest BCUT2D eigenvalue weighted by Gasteiger charge is -2.35. The number of aliphatic imine (C=N–C) groups is 1. The minimum Gasteiger partial charge on any atom is -0.460 e. The van der Waals surface area contributed by atoms with Gasteiger partial charge in [0, 0.05) is 10.7 Å². The predicted octanol–water partition coefficient (Wildman–Crippen LogP) is 4.44. The van der Waals surface area contributed by atoms with Crippen molar-refractivity contribution in [1.29, 1.82) is 5.26 Å². The molecule has 0 saturated carbocycles. The number of fused-ring (bicyclic) bond motifs is 1. The first-order valence-corrected chi connectivity index (χ1v) is 8.74. The third kappa shape index (κ3) is 3.63. The molecule has 1 aromatic rings. The fourth-order valence-corrected chi connectivity index (χ4v) is 3.28. The first-order chi connectivity index (χ1) is 12.5. The molecule has 0 radical (unpaired) electrons. The van der Waals surface area contributed by atoms with E-state index in [1.54, 1.807) is 12.2 Å². The molecule has 7 heteroatoms. The summed E-state index contributed by atoms with van der Waals surface area (Å²) in [4.78, 5) is 16.0. The molecule has 2 aliphatic rings. The van der Waals surface area contributed by atoms with Crippen molar-refractivity contribution < 1.29 is 13.9 Å². The van der Waals surface area contributed by atoms with Gasteiger partial charge in [0.15, 0.2) is 0 Å². The van der Waals surface area contributed by atoms with Crippen molar-refractivity contribution in [1.82, 2.24) is 5.32 Å². The molecule has 0 spiro atoms. The van der Waals surface area contributed by atoms with Crippen LogP contribution in [0.2, 0.25) is 0 Å². The van der Waals surface area contributed by atoms with Crippen LogP contribution in [0.25, 0.3) is 0 Å². The third-order valence-electron chi connectivity index (χ3n) is 4.30. The van der Waals surface area contributed by atoms with Crippen molar-refractivity contribution in [2.45, 2.75) is 32.2 Å². The number of unbranched alkanes of at least 4 members (excludes halogenated alkanes) is 1. The van der Waals surface area contributed by atoms with Gasteiger partial charge in [0.25, 0.3) is 0 Å². The Morgan fingerprint density at radius 1 is 1.42 bits per heavy atom. The van der Waals surface area contributed by atoms with Crippen LogP contribution < -0.4 is 10.1 Å². The number of nitriles is 1. The molecule has 0 aromatic heterocycles. The molecule has 5 nitrogen and oxygen atoms in total. The topological polar surface area (TPSA) is 74.5 Å². The number of carbonyl (C=O) groups is 1. The number of hydrogen-bond acceptors (Lipinski definition) is 3. The maximum absolute atomic E-state index is 13.4. The highest BCUT2D eigenvalue weighted by Crippen LogP contribution is 2.35. The molecule has 2 amide bonds. The Bertz CT molecular complexity index is 870. The van der Waals surface area contributed by atoms with E-state index in [1.807, 2.05) is 6.07 Å². The van der Waals surface area contributed by atoms with Gasteiger partial charge in [-0.3, -0.25) is 0 Å². The summed E-state index contributed by atoms with van der Waals surface area (Å²) in [6.07, 6.45) is 5.83. The Balaban J connectivity index is 1.97. The SMILES string of the molecule is CCCCC1=NC(=O)NC2C(Cl)=CC=C(Oc3ccc(F)cc3C#N)C12. The number of carbonyl (C=O) groups excluding carboxylic acids is 1. The van der Waals surface area contributed by atoms with Crippen molar-refractivity contribution >= 4 is 23.3 Å². The van der Waals surface area contributed by atoms with Crippen LogP contribution in [0.15, 0.2) is 46.1 Å². The number of allylic oxidation sites excluding steroid dienone is 2. The van der Waals surface area contributed by atoms with Crippen LogP contribution in [0.3, 0.4) is 0 Å². The molecule has 2 atom stereocenters. The number of halogens is 2. The van der Waals surface area contributed by atoms with Gasteiger partial charge < -0.3 is 10.1 Å². The lowest BCUT2D eigenvalue weighted by molar-refractivity contribution is 0.240. The van der Waals surface area contributed by atoms with Gasteiger partial charge in [0.1, 0.15) is 23.4 Å². The average molecular weight is 374 g/mol.